The number of hydrogen-bond donors (Lipinski definition) is 0. The number of aryl methyl sites for hydroxylation is 1. The molecule has 5 heteroatoms. The summed E-state index contributed by atoms with van der Waals surface area (Å²) in [5.41, 5.74) is 4.61. The fourth-order valence-electron chi connectivity index (χ4n) is 2.96. The number of thioether (sulfide) groups is 1. The van der Waals surface area contributed by atoms with Crippen molar-refractivity contribution in [3.63, 3.8) is 0 Å². The van der Waals surface area contributed by atoms with E-state index in [0.717, 1.165) is 29.0 Å². The van der Waals surface area contributed by atoms with Crippen LogP contribution in [0.15, 0.2) is 59.2 Å². The normalized spacial score (nSPS) is 15.1. The zero-order valence-corrected chi connectivity index (χ0v) is 17.9. The SMILES string of the molecule is Cc1ccc(N2C(=O)/C(=C/c3ccc(C(C)C)cc3)N=C2SCCCC#N)cc1. The van der Waals surface area contributed by atoms with Crippen LogP contribution < -0.4 is 4.90 Å². The van der Waals surface area contributed by atoms with Gasteiger partial charge >= 0.3 is 0 Å². The van der Waals surface area contributed by atoms with Gasteiger partial charge in [-0.3, -0.25) is 9.69 Å². The predicted molar refractivity (Wildman–Crippen MR) is 122 cm³/mol. The van der Waals surface area contributed by atoms with Gasteiger partial charge < -0.3 is 0 Å². The molecule has 0 saturated carbocycles. The summed E-state index contributed by atoms with van der Waals surface area (Å²) in [7, 11) is 0. The summed E-state index contributed by atoms with van der Waals surface area (Å²) in [5, 5.41) is 9.42. The number of rotatable bonds is 6. The standard InChI is InChI=1S/C24H25N3OS/c1-17(2)20-10-8-19(9-11-20)16-22-23(28)27(21-12-6-18(3)7-13-21)24(26-22)29-15-5-4-14-25/h6-13,16-17H,4-5,15H2,1-3H3/b22-16-. The average Bonchev–Trinajstić information content (AvgIpc) is 3.01. The Kier molecular flexibility index (Phi) is 6.90. The highest BCUT2D eigenvalue weighted by atomic mass is 32.2. The summed E-state index contributed by atoms with van der Waals surface area (Å²) in [6, 6.07) is 18.3. The van der Waals surface area contributed by atoms with Crippen LogP contribution in [0.2, 0.25) is 0 Å². The zero-order valence-electron chi connectivity index (χ0n) is 17.1. The average molecular weight is 404 g/mol. The molecule has 29 heavy (non-hydrogen) atoms. The van der Waals surface area contributed by atoms with Crippen molar-refractivity contribution in [2.75, 3.05) is 10.7 Å². The first-order chi connectivity index (χ1) is 14.0. The molecule has 4 nitrogen and oxygen atoms in total. The number of amidine groups is 1. The van der Waals surface area contributed by atoms with Crippen LogP contribution in [0.3, 0.4) is 0 Å². The van der Waals surface area contributed by atoms with Crippen LogP contribution >= 0.6 is 11.8 Å². The molecule has 0 N–H and O–H groups in total. The summed E-state index contributed by atoms with van der Waals surface area (Å²) in [5.74, 6) is 1.10. The molecule has 1 aliphatic rings. The number of carbonyl (C=O) groups is 1. The predicted octanol–water partition coefficient (Wildman–Crippen LogP) is 5.90. The molecule has 3 rings (SSSR count). The molecule has 0 unspecified atom stereocenters. The van der Waals surface area contributed by atoms with Crippen LogP contribution in [0, 0.1) is 18.3 Å². The number of benzene rings is 2. The Balaban J connectivity index is 1.88. The van der Waals surface area contributed by atoms with Crippen molar-refractivity contribution >= 4 is 34.6 Å². The first-order valence-electron chi connectivity index (χ1n) is 9.81. The number of unbranched alkanes of at least 4 members (excludes halogenated alkanes) is 1. The number of hydrogen-bond acceptors (Lipinski definition) is 4. The topological polar surface area (TPSA) is 56.5 Å². The first kappa shape index (κ1) is 20.9. The van der Waals surface area contributed by atoms with Crippen molar-refractivity contribution in [3.8, 4) is 6.07 Å². The molecule has 2 aromatic carbocycles. The lowest BCUT2D eigenvalue weighted by Crippen LogP contribution is -2.30. The summed E-state index contributed by atoms with van der Waals surface area (Å²) in [6.07, 6.45) is 3.12. The molecule has 1 amide bonds. The molecule has 0 saturated heterocycles. The molecule has 0 radical (unpaired) electrons. The first-order valence-corrected chi connectivity index (χ1v) is 10.8. The minimum Gasteiger partial charge on any atom is -0.266 e. The third kappa shape index (κ3) is 5.16. The van der Waals surface area contributed by atoms with Crippen molar-refractivity contribution in [2.24, 2.45) is 4.99 Å². The molecular formula is C24H25N3OS. The van der Waals surface area contributed by atoms with Crippen molar-refractivity contribution in [1.82, 2.24) is 0 Å². The van der Waals surface area contributed by atoms with Gasteiger partial charge in [0.2, 0.25) is 0 Å². The number of carbonyl (C=O) groups excluding carboxylic acids is 1. The van der Waals surface area contributed by atoms with Crippen molar-refractivity contribution in [2.45, 2.75) is 39.5 Å². The number of aliphatic imine (C=N–C) groups is 1. The van der Waals surface area contributed by atoms with Gasteiger partial charge in [0.25, 0.3) is 5.91 Å². The van der Waals surface area contributed by atoms with E-state index >= 15 is 0 Å². The third-order valence-electron chi connectivity index (χ3n) is 4.69. The van der Waals surface area contributed by atoms with Crippen molar-refractivity contribution in [3.05, 3.63) is 70.9 Å². The Morgan fingerprint density at radius 1 is 1.14 bits per heavy atom. The van der Waals surface area contributed by atoms with Crippen LogP contribution in [0.1, 0.15) is 49.3 Å². The van der Waals surface area contributed by atoms with Crippen LogP contribution in [-0.4, -0.2) is 16.8 Å². The fraction of sp³-hybridized carbons (Fsp3) is 0.292. The molecule has 2 aromatic rings. The second kappa shape index (κ2) is 9.58. The van der Waals surface area contributed by atoms with E-state index in [-0.39, 0.29) is 5.91 Å². The van der Waals surface area contributed by atoms with Gasteiger partial charge in [-0.2, -0.15) is 5.26 Å². The van der Waals surface area contributed by atoms with Crippen molar-refractivity contribution in [1.29, 1.82) is 5.26 Å². The molecule has 0 atom stereocenters. The van der Waals surface area contributed by atoms with Crippen LogP contribution in [-0.2, 0) is 4.79 Å². The lowest BCUT2D eigenvalue weighted by Gasteiger charge is -2.17. The van der Waals surface area contributed by atoms with Crippen molar-refractivity contribution < 1.29 is 4.79 Å². The van der Waals surface area contributed by atoms with E-state index in [4.69, 9.17) is 5.26 Å². The summed E-state index contributed by atoms with van der Waals surface area (Å²) < 4.78 is 0. The molecule has 0 bridgehead atoms. The van der Waals surface area contributed by atoms with E-state index in [1.807, 2.05) is 49.4 Å². The van der Waals surface area contributed by atoms with E-state index in [1.54, 1.807) is 4.90 Å². The second-order valence-electron chi connectivity index (χ2n) is 7.33. The molecular weight excluding hydrogens is 378 g/mol. The van der Waals surface area contributed by atoms with E-state index in [9.17, 15) is 4.79 Å². The van der Waals surface area contributed by atoms with Gasteiger partial charge in [0.05, 0.1) is 11.8 Å². The minimum absolute atomic E-state index is 0.121. The number of nitriles is 1. The molecule has 0 fully saturated rings. The van der Waals surface area contributed by atoms with Gasteiger partial charge in [-0.15, -0.1) is 0 Å². The monoisotopic (exact) mass is 403 g/mol. The quantitative estimate of drug-likeness (QED) is 0.446. The minimum atomic E-state index is -0.121. The summed E-state index contributed by atoms with van der Waals surface area (Å²) in [4.78, 5) is 19.5. The Morgan fingerprint density at radius 3 is 2.45 bits per heavy atom. The van der Waals surface area contributed by atoms with E-state index in [1.165, 1.54) is 17.3 Å². The van der Waals surface area contributed by atoms with Gasteiger partial charge in [-0.25, -0.2) is 4.99 Å². The van der Waals surface area contributed by atoms with E-state index < -0.39 is 0 Å². The summed E-state index contributed by atoms with van der Waals surface area (Å²) >= 11 is 1.52. The van der Waals surface area contributed by atoms with Crippen LogP contribution in [0.5, 0.6) is 0 Å². The Labute approximate surface area is 177 Å². The van der Waals surface area contributed by atoms with Gasteiger partial charge in [-0.1, -0.05) is 67.6 Å². The Bertz CT molecular complexity index is 967. The highest BCUT2D eigenvalue weighted by Gasteiger charge is 2.31. The highest BCUT2D eigenvalue weighted by Crippen LogP contribution is 2.30. The molecule has 1 aliphatic heterocycles. The summed E-state index contributed by atoms with van der Waals surface area (Å²) in [6.45, 7) is 6.34. The van der Waals surface area contributed by atoms with Gasteiger partial charge in [0.1, 0.15) is 5.70 Å². The van der Waals surface area contributed by atoms with Crippen LogP contribution in [0.25, 0.3) is 6.08 Å². The Hall–Kier alpha value is -2.84. The number of anilines is 1. The molecule has 148 valence electrons. The lowest BCUT2D eigenvalue weighted by atomic mass is 10.0. The van der Waals surface area contributed by atoms with Gasteiger partial charge in [0.15, 0.2) is 5.17 Å². The zero-order chi connectivity index (χ0) is 20.8. The molecule has 0 aliphatic carbocycles. The lowest BCUT2D eigenvalue weighted by molar-refractivity contribution is -0.113. The maximum atomic E-state index is 13.1. The van der Waals surface area contributed by atoms with E-state index in [0.29, 0.717) is 23.2 Å². The van der Waals surface area contributed by atoms with E-state index in [2.05, 4.69) is 37.0 Å². The molecule has 0 aromatic heterocycles. The number of nitrogens with zero attached hydrogens (tertiary/aromatic N) is 3. The number of amides is 1. The molecule has 1 heterocycles. The Morgan fingerprint density at radius 2 is 1.83 bits per heavy atom. The smallest absolute Gasteiger partial charge is 0.266 e. The third-order valence-corrected chi connectivity index (χ3v) is 5.72. The van der Waals surface area contributed by atoms with Crippen LogP contribution in [0.4, 0.5) is 5.69 Å². The highest BCUT2D eigenvalue weighted by molar-refractivity contribution is 8.14. The largest absolute Gasteiger partial charge is 0.283 e. The molecule has 0 spiro atoms. The maximum absolute atomic E-state index is 13.1. The van der Waals surface area contributed by atoms with Gasteiger partial charge in [0, 0.05) is 12.2 Å². The maximum Gasteiger partial charge on any atom is 0.283 e. The van der Waals surface area contributed by atoms with Gasteiger partial charge in [-0.05, 0) is 48.6 Å². The fourth-order valence-corrected chi connectivity index (χ4v) is 3.92. The second-order valence-corrected chi connectivity index (χ2v) is 8.39.